The minimum Gasteiger partial charge on any atom is -0.438 e. The number of alkyl halides is 2. The van der Waals surface area contributed by atoms with Crippen LogP contribution in [0.25, 0.3) is 5.57 Å². The average Bonchev–Trinajstić information content (AvgIpc) is 3.69. The van der Waals surface area contributed by atoms with Gasteiger partial charge in [0, 0.05) is 24.6 Å². The van der Waals surface area contributed by atoms with Gasteiger partial charge in [0.15, 0.2) is 0 Å². The number of benzene rings is 2. The molecule has 1 aliphatic heterocycles. The molecule has 2 aromatic rings. The van der Waals surface area contributed by atoms with Gasteiger partial charge in [-0.05, 0) is 110 Å². The van der Waals surface area contributed by atoms with E-state index in [0.29, 0.717) is 30.5 Å². The fourth-order valence-electron chi connectivity index (χ4n) is 7.88. The van der Waals surface area contributed by atoms with Crippen LogP contribution in [0, 0.1) is 35.5 Å². The first-order valence-electron chi connectivity index (χ1n) is 23.4. The molecule has 1 heterocycles. The van der Waals surface area contributed by atoms with Crippen LogP contribution in [0.15, 0.2) is 54.6 Å². The molecule has 1 saturated heterocycles. The Bertz CT molecular complexity index is 2190. The van der Waals surface area contributed by atoms with Gasteiger partial charge in [0.05, 0.1) is 29.6 Å². The van der Waals surface area contributed by atoms with Gasteiger partial charge in [-0.3, -0.25) is 42.4 Å². The zero-order chi connectivity index (χ0) is 51.6. The van der Waals surface area contributed by atoms with Gasteiger partial charge in [-0.25, -0.2) is 0 Å². The molecule has 0 radical (unpaired) electrons. The van der Waals surface area contributed by atoms with Crippen molar-refractivity contribution in [1.29, 1.82) is 0 Å². The number of aryl methyl sites for hydroxylation is 1. The van der Waals surface area contributed by atoms with E-state index in [1.165, 1.54) is 59.8 Å². The number of carbonyl (C=O) groups excluding carboxylic acids is 6. The summed E-state index contributed by atoms with van der Waals surface area (Å²) in [5.74, 6) is -3.43. The Morgan fingerprint density at radius 3 is 1.97 bits per heavy atom. The zero-order valence-corrected chi connectivity index (χ0v) is 42.6. The summed E-state index contributed by atoms with van der Waals surface area (Å²) in [7, 11) is -5.57. The summed E-state index contributed by atoms with van der Waals surface area (Å²) < 4.78 is 71.9. The fraction of sp³-hybridized carbons (Fsp3) is 0.600. The molecule has 2 aliphatic rings. The molecule has 4 amide bonds. The van der Waals surface area contributed by atoms with Crippen molar-refractivity contribution in [2.24, 2.45) is 34.3 Å². The highest BCUT2D eigenvalue weighted by atomic mass is 31.2. The normalized spacial score (nSPS) is 19.7. The number of nitrogens with zero attached hydrogens (tertiary/aromatic N) is 1. The number of rotatable bonds is 24. The topological polar surface area (TPSA) is 219 Å². The molecule has 1 aliphatic carbocycles. The van der Waals surface area contributed by atoms with E-state index in [1.807, 2.05) is 52.0 Å². The number of allylic oxidation sites excluding steroid dienone is 1. The van der Waals surface area contributed by atoms with Gasteiger partial charge >= 0.3 is 25.2 Å². The van der Waals surface area contributed by atoms with E-state index in [-0.39, 0.29) is 49.5 Å². The van der Waals surface area contributed by atoms with Crippen LogP contribution in [-0.4, -0.2) is 84.8 Å². The number of nitrogens with two attached hydrogens (primary N) is 1. The van der Waals surface area contributed by atoms with E-state index in [0.717, 1.165) is 23.3 Å². The number of hydrogen-bond acceptors (Lipinski definition) is 12. The number of halogens is 2. The second kappa shape index (κ2) is 23.7. The van der Waals surface area contributed by atoms with Crippen molar-refractivity contribution in [1.82, 2.24) is 15.5 Å². The Morgan fingerprint density at radius 1 is 0.884 bits per heavy atom. The van der Waals surface area contributed by atoms with Crippen LogP contribution < -0.4 is 16.4 Å². The zero-order valence-electron chi connectivity index (χ0n) is 41.7. The number of primary amides is 1. The van der Waals surface area contributed by atoms with Gasteiger partial charge in [0.1, 0.15) is 12.1 Å². The highest BCUT2D eigenvalue weighted by Crippen LogP contribution is 2.67. The van der Waals surface area contributed by atoms with Crippen molar-refractivity contribution >= 4 is 48.7 Å². The first-order valence-corrected chi connectivity index (χ1v) is 24.9. The highest BCUT2D eigenvalue weighted by Gasteiger charge is 2.63. The number of likely N-dealkylation sites (tertiary alicyclic amines) is 1. The molecule has 4 N–H and O–H groups in total. The summed E-state index contributed by atoms with van der Waals surface area (Å²) in [4.78, 5) is 80.2. The number of nitrogens with one attached hydrogen (secondary N) is 2. The summed E-state index contributed by atoms with van der Waals surface area (Å²) in [5, 5.41) is 5.89. The minimum absolute atomic E-state index is 0.00937. The molecule has 1 saturated carbocycles. The predicted molar refractivity (Wildman–Crippen MR) is 253 cm³/mol. The molecule has 69 heavy (non-hydrogen) atoms. The summed E-state index contributed by atoms with van der Waals surface area (Å²) in [6.07, 6.45) is 2.53. The number of amides is 4. The molecule has 7 atom stereocenters. The van der Waals surface area contributed by atoms with Crippen LogP contribution in [0.5, 0.6) is 0 Å². The number of unbranched alkanes of at least 4 members (excludes halogenated alkanes) is 1. The lowest BCUT2D eigenvalue weighted by Gasteiger charge is -2.33. The van der Waals surface area contributed by atoms with Crippen LogP contribution in [-0.2, 0) is 68.9 Å². The number of piperidine rings is 1. The Hall–Kier alpha value is -5.03. The lowest BCUT2D eigenvalue weighted by molar-refractivity contribution is -0.163. The molecule has 0 aromatic heterocycles. The molecular formula is C50H71F2N4O12P. The second-order valence-corrected chi connectivity index (χ2v) is 22.2. The molecular weight excluding hydrogens is 918 g/mol. The largest absolute Gasteiger partial charge is 0.438 e. The van der Waals surface area contributed by atoms with E-state index in [2.05, 4.69) is 10.6 Å². The summed E-state index contributed by atoms with van der Waals surface area (Å²) in [6, 6.07) is 9.89. The lowest BCUT2D eigenvalue weighted by atomic mass is 9.98. The van der Waals surface area contributed by atoms with Crippen molar-refractivity contribution in [3.63, 3.8) is 0 Å². The molecule has 19 heteroatoms. The number of ether oxygens (including phenoxy) is 3. The second-order valence-electron chi connectivity index (χ2n) is 20.2. The van der Waals surface area contributed by atoms with Gasteiger partial charge in [-0.15, -0.1) is 0 Å². The third kappa shape index (κ3) is 15.2. The van der Waals surface area contributed by atoms with E-state index in [1.54, 1.807) is 11.8 Å². The molecule has 2 aromatic carbocycles. The standard InChI is InChI=1S/C50H71F2N4O12P/c1-12-13-14-39(45(60)56-26-37-32(4)42(37)43(56)44(59)55-38(23-24-40(53)57)33(5)64-27-34-17-15-30(2)16-18-34)54-41(58)25-31(3)35-19-21-36(22-20-35)50(51,52)69(63,67-28-65-46(61)48(6,7)8)68-29-66-47(62)49(9,10)11/h15-22,25,32-33,37-39,42-43H,12-14,23-24,26-29H2,1-11H3,(H2,53,57)(H,54,58)(H,55,59)/b31-25+/t32-,33-,37+,38+,39+,42-,43+/m1/s1. The van der Waals surface area contributed by atoms with Crippen LogP contribution in [0.1, 0.15) is 124 Å². The maximum absolute atomic E-state index is 16.1. The van der Waals surface area contributed by atoms with E-state index in [9.17, 15) is 33.3 Å². The Kier molecular flexibility index (Phi) is 19.4. The first-order chi connectivity index (χ1) is 32.1. The lowest BCUT2D eigenvalue weighted by Crippen LogP contribution is -2.57. The third-order valence-electron chi connectivity index (χ3n) is 12.4. The summed E-state index contributed by atoms with van der Waals surface area (Å²) in [6.45, 7) is 16.8. The molecule has 0 unspecified atom stereocenters. The summed E-state index contributed by atoms with van der Waals surface area (Å²) >= 11 is 0. The maximum atomic E-state index is 16.1. The van der Waals surface area contributed by atoms with Crippen molar-refractivity contribution < 1.29 is 65.4 Å². The SMILES string of the molecule is CCCC[C@H](NC(=O)/C=C(\C)c1ccc(C(F)(F)P(=O)(OCOC(=O)C(C)(C)C)OCOC(=O)C(C)(C)C)cc1)C(=O)N1C[C@H]2[C@@H](C)[C@H]2[C@H]1C(=O)N[C@@H](CCC(N)=O)[C@@H](C)OCc1ccc(C)cc1. The minimum atomic E-state index is -5.57. The van der Waals surface area contributed by atoms with Crippen LogP contribution in [0.4, 0.5) is 8.78 Å². The van der Waals surface area contributed by atoms with Crippen molar-refractivity contribution in [2.45, 2.75) is 145 Å². The number of fused-ring (bicyclic) bond motifs is 1. The summed E-state index contributed by atoms with van der Waals surface area (Å²) in [5.41, 5.74) is 0.965. The smallest absolute Gasteiger partial charge is 0.410 e. The quantitative estimate of drug-likeness (QED) is 0.0396. The van der Waals surface area contributed by atoms with E-state index in [4.69, 9.17) is 29.0 Å². The van der Waals surface area contributed by atoms with Gasteiger partial charge in [0.2, 0.25) is 37.2 Å². The molecule has 0 bridgehead atoms. The van der Waals surface area contributed by atoms with Crippen LogP contribution in [0.3, 0.4) is 0 Å². The average molecular weight is 989 g/mol. The molecule has 4 rings (SSSR count). The van der Waals surface area contributed by atoms with Crippen molar-refractivity contribution in [3.8, 4) is 0 Å². The monoisotopic (exact) mass is 988 g/mol. The van der Waals surface area contributed by atoms with Gasteiger partial charge in [0.25, 0.3) is 0 Å². The van der Waals surface area contributed by atoms with Crippen LogP contribution in [0.2, 0.25) is 0 Å². The van der Waals surface area contributed by atoms with Gasteiger partial charge in [-0.1, -0.05) is 80.8 Å². The maximum Gasteiger partial charge on any atom is 0.410 e. The Balaban J connectivity index is 1.49. The molecule has 16 nitrogen and oxygen atoms in total. The van der Waals surface area contributed by atoms with Gasteiger partial charge in [-0.2, -0.15) is 8.78 Å². The van der Waals surface area contributed by atoms with Gasteiger partial charge < -0.3 is 35.5 Å². The predicted octanol–water partition coefficient (Wildman–Crippen LogP) is 7.89. The molecule has 0 spiro atoms. The van der Waals surface area contributed by atoms with Crippen molar-refractivity contribution in [3.05, 3.63) is 76.9 Å². The Labute approximate surface area is 404 Å². The van der Waals surface area contributed by atoms with Crippen molar-refractivity contribution in [2.75, 3.05) is 20.1 Å². The Morgan fingerprint density at radius 2 is 1.45 bits per heavy atom. The first kappa shape index (κ1) is 56.6. The fourth-order valence-corrected chi connectivity index (χ4v) is 9.13. The van der Waals surface area contributed by atoms with Crippen LogP contribution >= 0.6 is 7.60 Å². The molecule has 2 fully saturated rings. The third-order valence-corrected chi connectivity index (χ3v) is 14.3. The number of carbonyl (C=O) groups is 6. The highest BCUT2D eigenvalue weighted by molar-refractivity contribution is 7.54. The number of esters is 2. The molecule has 382 valence electrons. The number of hydrogen-bond donors (Lipinski definition) is 3. The van der Waals surface area contributed by atoms with E-state index >= 15 is 8.78 Å². The van der Waals surface area contributed by atoms with E-state index < -0.39 is 97.1 Å².